The lowest BCUT2D eigenvalue weighted by atomic mass is 9.95. The third-order valence-corrected chi connectivity index (χ3v) is 13.2. The number of nitro groups is 1. The van der Waals surface area contributed by atoms with Crippen LogP contribution in [0.4, 0.5) is 16.2 Å². The second-order valence-electron chi connectivity index (χ2n) is 18.2. The van der Waals surface area contributed by atoms with Crippen molar-refractivity contribution in [1.29, 1.82) is 0 Å². The van der Waals surface area contributed by atoms with Crippen molar-refractivity contribution in [3.05, 3.63) is 94.1 Å². The number of nitrogens with zero attached hydrogens (tertiary/aromatic N) is 7. The number of imide groups is 1. The Morgan fingerprint density at radius 3 is 2.30 bits per heavy atom. The molecule has 0 aliphatic carbocycles. The first kappa shape index (κ1) is 55.4. The van der Waals surface area contributed by atoms with Crippen LogP contribution in [0.3, 0.4) is 0 Å². The van der Waals surface area contributed by atoms with Crippen molar-refractivity contribution < 1.29 is 71.6 Å². The minimum absolute atomic E-state index is 0.00300. The normalized spacial score (nSPS) is 17.9. The average molecular weight is 1070 g/mol. The highest BCUT2D eigenvalue weighted by atomic mass is 16.6. The number of para-hydroxylation sites is 1. The summed E-state index contributed by atoms with van der Waals surface area (Å²) in [6, 6.07) is 17.4. The zero-order chi connectivity index (χ0) is 54.4. The standard InChI is InChI=1S/C52H61N9O16/c1-33(77-52(67)59-32-76-51-34(2)74-21-16-40(51)59)38-28-42(70-3)43(29-41(38)61(68)69)75-31-45(63)54-18-22-71-24-26-73-27-25-72-23-20-60-50-36-9-5-4-8-35(36)30-58(39-11-7-6-10-37(39)49(50)55-56-60)48(66)14-17-53-44(62)15-19-57-46(64)12-13-47(57)65/h4-13,28-29,33-34,40,51H,14-27,30-32H2,1-3H3,(H,53,62)(H,54,63)/t33?,34-,40-,51+/m0/s1. The van der Waals surface area contributed by atoms with E-state index in [1.54, 1.807) is 9.58 Å². The number of nitro benzene ring substituents is 1. The number of fused-ring (bicyclic) bond motifs is 6. The molecule has 4 aliphatic heterocycles. The molecule has 77 heavy (non-hydrogen) atoms. The van der Waals surface area contributed by atoms with Gasteiger partial charge in [-0.05, 0) is 38.0 Å². The molecule has 4 atom stereocenters. The molecule has 2 saturated heterocycles. The summed E-state index contributed by atoms with van der Waals surface area (Å²) in [5.74, 6) is -1.98. The lowest BCUT2D eigenvalue weighted by Crippen LogP contribution is -2.48. The van der Waals surface area contributed by atoms with Crippen LogP contribution in [0.1, 0.15) is 50.3 Å². The van der Waals surface area contributed by atoms with Crippen LogP contribution in [0, 0.1) is 10.1 Å². The van der Waals surface area contributed by atoms with E-state index in [2.05, 4.69) is 20.9 Å². The minimum Gasteiger partial charge on any atom is -0.493 e. The van der Waals surface area contributed by atoms with Gasteiger partial charge in [0, 0.05) is 62.4 Å². The maximum Gasteiger partial charge on any atom is 0.412 e. The number of amides is 6. The number of ether oxygens (including phenoxy) is 8. The third kappa shape index (κ3) is 13.6. The predicted molar refractivity (Wildman–Crippen MR) is 271 cm³/mol. The lowest BCUT2D eigenvalue weighted by molar-refractivity contribution is -0.386. The molecule has 6 amide bonds. The van der Waals surface area contributed by atoms with Crippen molar-refractivity contribution in [2.24, 2.45) is 0 Å². The molecule has 1 aromatic heterocycles. The summed E-state index contributed by atoms with van der Waals surface area (Å²) in [6.07, 6.45) is 0.634. The molecule has 0 bridgehead atoms. The fourth-order valence-corrected chi connectivity index (χ4v) is 9.32. The molecule has 0 spiro atoms. The van der Waals surface area contributed by atoms with Gasteiger partial charge in [-0.15, -0.1) is 5.10 Å². The second kappa shape index (κ2) is 26.3. The Hall–Kier alpha value is -7.84. The highest BCUT2D eigenvalue weighted by Crippen LogP contribution is 2.42. The van der Waals surface area contributed by atoms with Gasteiger partial charge < -0.3 is 53.4 Å². The summed E-state index contributed by atoms with van der Waals surface area (Å²) < 4.78 is 47.0. The number of aromatic nitrogens is 3. The monoisotopic (exact) mass is 1070 g/mol. The van der Waals surface area contributed by atoms with Gasteiger partial charge in [0.05, 0.1) is 99.9 Å². The smallest absolute Gasteiger partial charge is 0.412 e. The van der Waals surface area contributed by atoms with Crippen molar-refractivity contribution in [2.45, 2.75) is 70.6 Å². The van der Waals surface area contributed by atoms with Crippen molar-refractivity contribution in [3.8, 4) is 34.0 Å². The van der Waals surface area contributed by atoms with Gasteiger partial charge >= 0.3 is 6.09 Å². The first-order chi connectivity index (χ1) is 37.3. The van der Waals surface area contributed by atoms with E-state index in [1.807, 2.05) is 55.5 Å². The molecule has 410 valence electrons. The van der Waals surface area contributed by atoms with Crippen molar-refractivity contribution >= 4 is 47.0 Å². The van der Waals surface area contributed by atoms with E-state index in [-0.39, 0.29) is 118 Å². The highest BCUT2D eigenvalue weighted by molar-refractivity contribution is 6.13. The molecule has 25 nitrogen and oxygen atoms in total. The summed E-state index contributed by atoms with van der Waals surface area (Å²) >= 11 is 0. The number of hydrogen-bond acceptors (Lipinski definition) is 18. The van der Waals surface area contributed by atoms with Crippen molar-refractivity contribution in [1.82, 2.24) is 35.4 Å². The topological polar surface area (TPSA) is 284 Å². The van der Waals surface area contributed by atoms with Crippen LogP contribution in [0.15, 0.2) is 72.8 Å². The first-order valence-electron chi connectivity index (χ1n) is 25.2. The van der Waals surface area contributed by atoms with Gasteiger partial charge in [-0.25, -0.2) is 9.48 Å². The number of benzene rings is 3. The van der Waals surface area contributed by atoms with Crippen LogP contribution in [-0.4, -0.2) is 170 Å². The Bertz CT molecular complexity index is 2820. The van der Waals surface area contributed by atoms with Crippen molar-refractivity contribution in [3.63, 3.8) is 0 Å². The largest absolute Gasteiger partial charge is 0.493 e. The molecule has 5 heterocycles. The number of hydrogen-bond donors (Lipinski definition) is 2. The zero-order valence-electron chi connectivity index (χ0n) is 42.9. The van der Waals surface area contributed by atoms with E-state index in [9.17, 15) is 38.9 Å². The molecule has 25 heteroatoms. The van der Waals surface area contributed by atoms with Gasteiger partial charge in [0.2, 0.25) is 11.8 Å². The maximum atomic E-state index is 13.9. The van der Waals surface area contributed by atoms with E-state index in [0.29, 0.717) is 56.3 Å². The fraction of sp³-hybridized carbons (Fsp3) is 0.462. The molecule has 4 aliphatic rings. The molecule has 8 rings (SSSR count). The molecule has 2 fully saturated rings. The Morgan fingerprint density at radius 2 is 1.55 bits per heavy atom. The van der Waals surface area contributed by atoms with Crippen LogP contribution in [-0.2, 0) is 65.5 Å². The Kier molecular flexibility index (Phi) is 18.9. The van der Waals surface area contributed by atoms with Crippen LogP contribution >= 0.6 is 0 Å². The molecule has 4 aromatic rings. The molecular weight excluding hydrogens is 1010 g/mol. The molecule has 0 radical (unpaired) electrons. The number of carbonyl (C=O) groups is 6. The third-order valence-electron chi connectivity index (χ3n) is 13.2. The Morgan fingerprint density at radius 1 is 0.844 bits per heavy atom. The summed E-state index contributed by atoms with van der Waals surface area (Å²) in [6.45, 7) is 5.82. The molecule has 1 unspecified atom stereocenters. The van der Waals surface area contributed by atoms with Crippen LogP contribution in [0.25, 0.3) is 22.5 Å². The molecular formula is C52H61N9O16. The second-order valence-corrected chi connectivity index (χ2v) is 18.2. The van der Waals surface area contributed by atoms with Crippen LogP contribution in [0.5, 0.6) is 11.5 Å². The van der Waals surface area contributed by atoms with E-state index < -0.39 is 41.4 Å². The zero-order valence-corrected chi connectivity index (χ0v) is 42.9. The first-order valence-corrected chi connectivity index (χ1v) is 25.2. The summed E-state index contributed by atoms with van der Waals surface area (Å²) in [5.41, 5.74) is 4.14. The summed E-state index contributed by atoms with van der Waals surface area (Å²) in [7, 11) is 1.35. The quantitative estimate of drug-likeness (QED) is 0.0416. The molecule has 3 aromatic carbocycles. The summed E-state index contributed by atoms with van der Waals surface area (Å²) in [5, 5.41) is 26.6. The SMILES string of the molecule is COc1cc(C(C)OC(=O)N2CO[C@@H]3[C@H](C)OCC[C@@H]32)c([N+](=O)[O-])cc1OCC(=O)NCCOCCOCCOCCn1nnc2c1-c1ccccc1CN(C(=O)CCNC(=O)CCN1C(=O)C=CC1=O)c1ccccc1-2. The minimum atomic E-state index is -1.04. The molecule has 2 N–H and O–H groups in total. The Labute approximate surface area is 442 Å². The van der Waals surface area contributed by atoms with Crippen LogP contribution in [0.2, 0.25) is 0 Å². The predicted octanol–water partition coefficient (Wildman–Crippen LogP) is 3.48. The van der Waals surface area contributed by atoms with Gasteiger partial charge in [0.15, 0.2) is 18.1 Å². The van der Waals surface area contributed by atoms with Gasteiger partial charge in [0.1, 0.15) is 24.6 Å². The number of anilines is 1. The number of carbonyl (C=O) groups excluding carboxylic acids is 6. The van der Waals surface area contributed by atoms with Gasteiger partial charge in [-0.1, -0.05) is 47.7 Å². The van der Waals surface area contributed by atoms with E-state index in [1.165, 1.54) is 25.0 Å². The van der Waals surface area contributed by atoms with E-state index in [4.69, 9.17) is 37.9 Å². The maximum absolute atomic E-state index is 13.9. The fourth-order valence-electron chi connectivity index (χ4n) is 9.32. The van der Waals surface area contributed by atoms with Crippen LogP contribution < -0.4 is 25.0 Å². The Balaban J connectivity index is 0.725. The summed E-state index contributed by atoms with van der Waals surface area (Å²) in [4.78, 5) is 91.5. The number of methoxy groups -OCH3 is 1. The van der Waals surface area contributed by atoms with E-state index >= 15 is 0 Å². The van der Waals surface area contributed by atoms with Gasteiger partial charge in [-0.3, -0.25) is 43.9 Å². The molecule has 0 saturated carbocycles. The average Bonchev–Trinajstić information content (AvgIpc) is 4.17. The number of nitrogens with one attached hydrogen (secondary N) is 2. The van der Waals surface area contributed by atoms with Crippen molar-refractivity contribution in [2.75, 3.05) is 91.2 Å². The van der Waals surface area contributed by atoms with Gasteiger partial charge in [-0.2, -0.15) is 0 Å². The lowest BCUT2D eigenvalue weighted by Gasteiger charge is -2.33. The highest BCUT2D eigenvalue weighted by Gasteiger charge is 2.45. The number of rotatable bonds is 25. The van der Waals surface area contributed by atoms with Gasteiger partial charge in [0.25, 0.3) is 23.4 Å². The van der Waals surface area contributed by atoms with E-state index in [0.717, 1.165) is 39.9 Å².